The van der Waals surface area contributed by atoms with Crippen LogP contribution in [-0.2, 0) is 0 Å². The highest BCUT2D eigenvalue weighted by molar-refractivity contribution is 6.05. The van der Waals surface area contributed by atoms with Crippen molar-refractivity contribution in [1.82, 2.24) is 0 Å². The molecule has 0 N–H and O–H groups in total. The van der Waals surface area contributed by atoms with E-state index in [9.17, 15) is 0 Å². The Kier molecular flexibility index (Phi) is 8.20. The van der Waals surface area contributed by atoms with Gasteiger partial charge in [-0.25, -0.2) is 0 Å². The third kappa shape index (κ3) is 4.30. The quantitative estimate of drug-likeness (QED) is 0.715. The summed E-state index contributed by atoms with van der Waals surface area (Å²) in [6, 6.07) is 16.3. The summed E-state index contributed by atoms with van der Waals surface area (Å²) in [5.74, 6) is 1.72. The summed E-state index contributed by atoms with van der Waals surface area (Å²) in [5.41, 5.74) is 2.26. The molecule has 0 aromatic heterocycles. The molecule has 2 aromatic rings. The van der Waals surface area contributed by atoms with E-state index in [1.54, 1.807) is 0 Å². The van der Waals surface area contributed by atoms with Crippen molar-refractivity contribution in [1.29, 1.82) is 0 Å². The van der Waals surface area contributed by atoms with E-state index in [1.807, 2.05) is 44.2 Å². The molecule has 22 heavy (non-hydrogen) atoms. The molecule has 3 heteroatoms. The molecular formula is C19H25BO2. The number of ether oxygens (including phenoxy) is 2. The van der Waals surface area contributed by atoms with Crippen LogP contribution in [0.15, 0.2) is 48.5 Å². The van der Waals surface area contributed by atoms with Crippen molar-refractivity contribution < 1.29 is 9.47 Å². The molecule has 0 spiro atoms. The number of hydrogen-bond acceptors (Lipinski definition) is 2. The van der Waals surface area contributed by atoms with Gasteiger partial charge >= 0.3 is 0 Å². The summed E-state index contributed by atoms with van der Waals surface area (Å²) >= 11 is 0. The summed E-state index contributed by atoms with van der Waals surface area (Å²) in [5, 5.41) is 0. The first-order valence-corrected chi connectivity index (χ1v) is 7.94. The molecule has 0 aliphatic carbocycles. The zero-order chi connectivity index (χ0) is 16.4. The van der Waals surface area contributed by atoms with Gasteiger partial charge in [0, 0.05) is 5.56 Å². The molecule has 1 aliphatic heterocycles. The van der Waals surface area contributed by atoms with E-state index in [0.29, 0.717) is 6.61 Å². The lowest BCUT2D eigenvalue weighted by Crippen LogP contribution is -2.28. The lowest BCUT2D eigenvalue weighted by Gasteiger charge is -2.27. The molecule has 0 saturated heterocycles. The fraction of sp³-hybridized carbons (Fsp3) is 0.368. The largest absolute Gasteiger partial charge is 0.486 e. The number of para-hydroxylation sites is 1. The third-order valence-electron chi connectivity index (χ3n) is 3.23. The molecule has 1 aliphatic rings. The predicted octanol–water partition coefficient (Wildman–Crippen LogP) is 5.13. The van der Waals surface area contributed by atoms with Crippen molar-refractivity contribution >= 4 is 7.85 Å². The Hall–Kier alpha value is -1.90. The van der Waals surface area contributed by atoms with Crippen molar-refractivity contribution in [3.05, 3.63) is 48.5 Å². The van der Waals surface area contributed by atoms with Crippen molar-refractivity contribution in [2.75, 3.05) is 6.61 Å². The highest BCUT2D eigenvalue weighted by Gasteiger charge is 2.22. The van der Waals surface area contributed by atoms with E-state index < -0.39 is 0 Å². The van der Waals surface area contributed by atoms with E-state index in [2.05, 4.69) is 33.0 Å². The molecule has 0 saturated carbocycles. The second kappa shape index (κ2) is 9.94. The zero-order valence-electron chi connectivity index (χ0n) is 14.0. The molecule has 116 valence electrons. The number of benzene rings is 2. The fourth-order valence-corrected chi connectivity index (χ4v) is 2.18. The van der Waals surface area contributed by atoms with Gasteiger partial charge in [0.05, 0.1) is 7.85 Å². The number of hydrogen-bond donors (Lipinski definition) is 0. The SMILES string of the molecule is CC.CC[C@H]1COc2cccc(-c3ccccc3)c2O1.[B]C. The minimum Gasteiger partial charge on any atom is -0.486 e. The molecule has 2 aromatic carbocycles. The van der Waals surface area contributed by atoms with Crippen LogP contribution >= 0.6 is 0 Å². The van der Waals surface area contributed by atoms with Crippen LogP contribution in [0.25, 0.3) is 11.1 Å². The molecule has 3 rings (SSSR count). The second-order valence-corrected chi connectivity index (χ2v) is 4.46. The second-order valence-electron chi connectivity index (χ2n) is 4.46. The number of fused-ring (bicyclic) bond motifs is 1. The van der Waals surface area contributed by atoms with Crippen LogP contribution in [-0.4, -0.2) is 20.6 Å². The highest BCUT2D eigenvalue weighted by Crippen LogP contribution is 2.41. The van der Waals surface area contributed by atoms with Gasteiger partial charge in [-0.2, -0.15) is 0 Å². The first-order valence-electron chi connectivity index (χ1n) is 7.94. The molecule has 0 amide bonds. The van der Waals surface area contributed by atoms with Crippen molar-refractivity contribution in [2.45, 2.75) is 40.1 Å². The smallest absolute Gasteiger partial charge is 0.169 e. The van der Waals surface area contributed by atoms with Gasteiger partial charge in [-0.3, -0.25) is 0 Å². The van der Waals surface area contributed by atoms with Gasteiger partial charge in [0.2, 0.25) is 0 Å². The minimum absolute atomic E-state index is 0.155. The van der Waals surface area contributed by atoms with Gasteiger partial charge in [-0.15, -0.1) is 0 Å². The molecule has 0 bridgehead atoms. The highest BCUT2D eigenvalue weighted by atomic mass is 16.6. The summed E-state index contributed by atoms with van der Waals surface area (Å²) < 4.78 is 11.8. The maximum Gasteiger partial charge on any atom is 0.169 e. The summed E-state index contributed by atoms with van der Waals surface area (Å²) in [4.78, 5) is 0. The van der Waals surface area contributed by atoms with Crippen LogP contribution in [0.4, 0.5) is 0 Å². The Morgan fingerprint density at radius 3 is 2.32 bits per heavy atom. The average Bonchev–Trinajstić information content (AvgIpc) is 2.65. The maximum atomic E-state index is 6.04. The van der Waals surface area contributed by atoms with Crippen molar-refractivity contribution in [3.8, 4) is 22.6 Å². The summed E-state index contributed by atoms with van der Waals surface area (Å²) in [6.45, 7) is 8.26. The summed E-state index contributed by atoms with van der Waals surface area (Å²) in [7, 11) is 4.50. The number of rotatable bonds is 2. The Labute approximate surface area is 135 Å². The van der Waals surface area contributed by atoms with Gasteiger partial charge < -0.3 is 9.47 Å². The maximum absolute atomic E-state index is 6.04. The normalized spacial score (nSPS) is 14.8. The predicted molar refractivity (Wildman–Crippen MR) is 95.0 cm³/mol. The zero-order valence-corrected chi connectivity index (χ0v) is 14.0. The topological polar surface area (TPSA) is 18.5 Å². The lowest BCUT2D eigenvalue weighted by atomic mass is 10.0. The Bertz CT molecular complexity index is 540. The molecule has 2 radical (unpaired) electrons. The molecular weight excluding hydrogens is 271 g/mol. The fourth-order valence-electron chi connectivity index (χ4n) is 2.18. The standard InChI is InChI=1S/C16H16O2.C2H6.CH3B/c1-2-13-11-17-15-10-6-9-14(16(15)18-13)12-7-4-3-5-8-12;2*1-2/h3-10,13H,2,11H2,1H3;1-2H3;1H3/t13-;;/m0../s1. The third-order valence-corrected chi connectivity index (χ3v) is 3.23. The Morgan fingerprint density at radius 2 is 1.68 bits per heavy atom. The van der Waals surface area contributed by atoms with E-state index in [1.165, 1.54) is 6.82 Å². The van der Waals surface area contributed by atoms with E-state index in [4.69, 9.17) is 9.47 Å². The van der Waals surface area contributed by atoms with E-state index >= 15 is 0 Å². The van der Waals surface area contributed by atoms with Crippen LogP contribution < -0.4 is 9.47 Å². The van der Waals surface area contributed by atoms with Crippen LogP contribution in [0, 0.1) is 0 Å². The van der Waals surface area contributed by atoms with Gasteiger partial charge in [0.25, 0.3) is 0 Å². The van der Waals surface area contributed by atoms with E-state index in [-0.39, 0.29) is 6.10 Å². The van der Waals surface area contributed by atoms with Crippen LogP contribution in [0.3, 0.4) is 0 Å². The average molecular weight is 296 g/mol. The molecule has 1 atom stereocenters. The van der Waals surface area contributed by atoms with E-state index in [0.717, 1.165) is 29.0 Å². The van der Waals surface area contributed by atoms with Crippen LogP contribution in [0.5, 0.6) is 11.5 Å². The summed E-state index contributed by atoms with van der Waals surface area (Å²) in [6.07, 6.45) is 1.12. The van der Waals surface area contributed by atoms with Crippen molar-refractivity contribution in [3.63, 3.8) is 0 Å². The minimum atomic E-state index is 0.155. The Balaban J connectivity index is 0.000000561. The van der Waals surface area contributed by atoms with Gasteiger partial charge in [0.15, 0.2) is 11.5 Å². The monoisotopic (exact) mass is 296 g/mol. The Morgan fingerprint density at radius 1 is 1.00 bits per heavy atom. The lowest BCUT2D eigenvalue weighted by molar-refractivity contribution is 0.0892. The molecule has 1 heterocycles. The van der Waals surface area contributed by atoms with Crippen molar-refractivity contribution in [2.24, 2.45) is 0 Å². The molecule has 0 unspecified atom stereocenters. The molecule has 0 fully saturated rings. The first kappa shape index (κ1) is 18.2. The van der Waals surface area contributed by atoms with Crippen LogP contribution in [0.2, 0.25) is 6.82 Å². The first-order chi connectivity index (χ1) is 10.9. The molecule has 2 nitrogen and oxygen atoms in total. The van der Waals surface area contributed by atoms with Crippen LogP contribution in [0.1, 0.15) is 27.2 Å². The van der Waals surface area contributed by atoms with Gasteiger partial charge in [-0.1, -0.05) is 70.1 Å². The van der Waals surface area contributed by atoms with Gasteiger partial charge in [-0.05, 0) is 18.1 Å². The van der Waals surface area contributed by atoms with Gasteiger partial charge in [0.1, 0.15) is 12.7 Å².